The van der Waals surface area contributed by atoms with E-state index >= 15 is 4.39 Å². The number of alkyl halides is 1. The number of hydrogen-bond donors (Lipinski definition) is 1. The molecule has 3 fully saturated rings. The van der Waals surface area contributed by atoms with Crippen LogP contribution in [0, 0.1) is 5.92 Å². The van der Waals surface area contributed by atoms with Crippen molar-refractivity contribution in [3.05, 3.63) is 30.5 Å². The number of anilines is 1. The number of ether oxygens (including phenoxy) is 1. The van der Waals surface area contributed by atoms with Crippen LogP contribution in [0.1, 0.15) is 52.5 Å². The van der Waals surface area contributed by atoms with Crippen LogP contribution in [0.15, 0.2) is 30.5 Å². The lowest BCUT2D eigenvalue weighted by atomic mass is 9.94. The lowest BCUT2D eigenvalue weighted by molar-refractivity contribution is -0.120. The number of amides is 4. The van der Waals surface area contributed by atoms with Crippen LogP contribution in [-0.2, 0) is 9.53 Å². The highest BCUT2D eigenvalue weighted by molar-refractivity contribution is 6.09. The first-order valence-corrected chi connectivity index (χ1v) is 13.6. The van der Waals surface area contributed by atoms with Crippen molar-refractivity contribution in [2.45, 2.75) is 64.3 Å². The number of urea groups is 1. The lowest BCUT2D eigenvalue weighted by Gasteiger charge is -2.39. The average molecular weight is 528 g/mol. The van der Waals surface area contributed by atoms with Crippen molar-refractivity contribution in [1.82, 2.24) is 19.7 Å². The number of imide groups is 1. The number of nitrogens with one attached hydrogen (secondary N) is 1. The third kappa shape index (κ3) is 5.65. The van der Waals surface area contributed by atoms with Crippen LogP contribution >= 0.6 is 0 Å². The van der Waals surface area contributed by atoms with Gasteiger partial charge in [-0.05, 0) is 64.2 Å². The van der Waals surface area contributed by atoms with E-state index in [0.29, 0.717) is 38.5 Å². The molecule has 1 aromatic carbocycles. The molecule has 1 N–H and O–H groups in total. The molecular formula is C28H38FN5O4. The van der Waals surface area contributed by atoms with Gasteiger partial charge in [0.05, 0.1) is 17.2 Å². The minimum Gasteiger partial charge on any atom is -0.444 e. The maximum Gasteiger partial charge on any atom is 0.410 e. The molecule has 3 aliphatic rings. The van der Waals surface area contributed by atoms with Gasteiger partial charge in [-0.15, -0.1) is 0 Å². The fourth-order valence-corrected chi connectivity index (χ4v) is 5.92. The third-order valence-corrected chi connectivity index (χ3v) is 7.82. The zero-order chi connectivity index (χ0) is 27.0. The number of likely N-dealkylation sites (tertiary alicyclic amines) is 2. The SMILES string of the molecule is CC(C)(C)OC(=O)N1CCC(CN2CCC(n3ccc4c(N5CCC(=O)NC5=O)cccc43)C(F)C2)CC1. The first kappa shape index (κ1) is 26.5. The van der Waals surface area contributed by atoms with Gasteiger partial charge in [0.15, 0.2) is 0 Å². The number of nitrogens with zero attached hydrogens (tertiary/aromatic N) is 4. The largest absolute Gasteiger partial charge is 0.444 e. The van der Waals surface area contributed by atoms with E-state index in [4.69, 9.17) is 4.74 Å². The van der Waals surface area contributed by atoms with Crippen molar-refractivity contribution in [3.8, 4) is 0 Å². The predicted octanol–water partition coefficient (Wildman–Crippen LogP) is 4.32. The maximum absolute atomic E-state index is 15.6. The van der Waals surface area contributed by atoms with E-state index in [1.54, 1.807) is 9.80 Å². The number of carbonyl (C=O) groups excluding carboxylic acids is 3. The highest BCUT2D eigenvalue weighted by Crippen LogP contribution is 2.35. The number of fused-ring (bicyclic) bond motifs is 1. The Kier molecular flexibility index (Phi) is 7.35. The van der Waals surface area contributed by atoms with Gasteiger partial charge >= 0.3 is 12.1 Å². The maximum atomic E-state index is 15.6. The summed E-state index contributed by atoms with van der Waals surface area (Å²) in [7, 11) is 0. The first-order valence-electron chi connectivity index (χ1n) is 13.6. The van der Waals surface area contributed by atoms with Gasteiger partial charge in [0.2, 0.25) is 5.91 Å². The quantitative estimate of drug-likeness (QED) is 0.640. The van der Waals surface area contributed by atoms with Gasteiger partial charge in [-0.25, -0.2) is 14.0 Å². The molecular weight excluding hydrogens is 489 g/mol. The van der Waals surface area contributed by atoms with Crippen LogP contribution in [0.3, 0.4) is 0 Å². The molecule has 38 heavy (non-hydrogen) atoms. The molecule has 0 saturated carbocycles. The molecule has 1 aromatic heterocycles. The van der Waals surface area contributed by atoms with E-state index in [1.165, 1.54) is 0 Å². The summed E-state index contributed by atoms with van der Waals surface area (Å²) in [6.45, 7) is 9.35. The van der Waals surface area contributed by atoms with Crippen molar-refractivity contribution in [2.24, 2.45) is 5.92 Å². The van der Waals surface area contributed by atoms with Crippen LogP contribution in [-0.4, -0.2) is 83.4 Å². The van der Waals surface area contributed by atoms with Crippen molar-refractivity contribution in [3.63, 3.8) is 0 Å². The summed E-state index contributed by atoms with van der Waals surface area (Å²) in [6, 6.07) is 6.95. The average Bonchev–Trinajstić information content (AvgIpc) is 3.28. The molecule has 0 radical (unpaired) electrons. The summed E-state index contributed by atoms with van der Waals surface area (Å²) in [6.07, 6.45) is 3.41. The molecule has 2 aromatic rings. The van der Waals surface area contributed by atoms with Crippen molar-refractivity contribution < 1.29 is 23.5 Å². The second-order valence-corrected chi connectivity index (χ2v) is 11.7. The normalized spacial score (nSPS) is 24.1. The minimum atomic E-state index is -1.01. The second-order valence-electron chi connectivity index (χ2n) is 11.7. The summed E-state index contributed by atoms with van der Waals surface area (Å²) in [5.74, 6) is 0.173. The fourth-order valence-electron chi connectivity index (χ4n) is 5.92. The molecule has 3 aliphatic heterocycles. The monoisotopic (exact) mass is 527 g/mol. The first-order chi connectivity index (χ1) is 18.1. The Hall–Kier alpha value is -3.14. The van der Waals surface area contributed by atoms with Gasteiger partial charge in [-0.1, -0.05) is 6.07 Å². The Morgan fingerprint density at radius 2 is 1.84 bits per heavy atom. The van der Waals surface area contributed by atoms with E-state index in [9.17, 15) is 14.4 Å². The smallest absolute Gasteiger partial charge is 0.410 e. The lowest BCUT2D eigenvalue weighted by Crippen LogP contribution is -2.49. The van der Waals surface area contributed by atoms with Crippen molar-refractivity contribution in [1.29, 1.82) is 0 Å². The van der Waals surface area contributed by atoms with E-state index in [2.05, 4.69) is 10.2 Å². The summed E-state index contributed by atoms with van der Waals surface area (Å²) in [5, 5.41) is 3.25. The number of carbonyl (C=O) groups is 3. The number of benzene rings is 1. The van der Waals surface area contributed by atoms with Crippen molar-refractivity contribution in [2.75, 3.05) is 44.2 Å². The molecule has 206 valence electrons. The van der Waals surface area contributed by atoms with Crippen LogP contribution in [0.4, 0.5) is 19.7 Å². The fraction of sp³-hybridized carbons (Fsp3) is 0.607. The Bertz CT molecular complexity index is 1200. The van der Waals surface area contributed by atoms with Crippen LogP contribution in [0.5, 0.6) is 0 Å². The number of hydrogen-bond acceptors (Lipinski definition) is 5. The molecule has 3 saturated heterocycles. The second kappa shape index (κ2) is 10.6. The van der Waals surface area contributed by atoms with Crippen LogP contribution < -0.4 is 10.2 Å². The Morgan fingerprint density at radius 1 is 1.08 bits per heavy atom. The van der Waals surface area contributed by atoms with E-state index in [-0.39, 0.29) is 24.5 Å². The molecule has 4 amide bonds. The van der Waals surface area contributed by atoms with Crippen molar-refractivity contribution >= 4 is 34.6 Å². The van der Waals surface area contributed by atoms with Crippen LogP contribution in [0.25, 0.3) is 10.9 Å². The molecule has 2 unspecified atom stereocenters. The predicted molar refractivity (Wildman–Crippen MR) is 143 cm³/mol. The number of halogens is 1. The topological polar surface area (TPSA) is 87.1 Å². The van der Waals surface area contributed by atoms with Gasteiger partial charge in [0.1, 0.15) is 11.8 Å². The molecule has 5 rings (SSSR count). The summed E-state index contributed by atoms with van der Waals surface area (Å²) >= 11 is 0. The Morgan fingerprint density at radius 3 is 2.53 bits per heavy atom. The molecule has 0 bridgehead atoms. The summed E-state index contributed by atoms with van der Waals surface area (Å²) < 4.78 is 23.1. The van der Waals surface area contributed by atoms with Crippen LogP contribution in [0.2, 0.25) is 0 Å². The molecule has 2 atom stereocenters. The molecule has 10 heteroatoms. The Labute approximate surface area is 222 Å². The van der Waals surface area contributed by atoms with E-state index < -0.39 is 17.8 Å². The number of piperidine rings is 2. The minimum absolute atomic E-state index is 0.253. The number of rotatable bonds is 4. The zero-order valence-corrected chi connectivity index (χ0v) is 22.5. The molecule has 0 spiro atoms. The summed E-state index contributed by atoms with van der Waals surface area (Å²) in [5.41, 5.74) is 1.13. The van der Waals surface area contributed by atoms with Gasteiger partial charge < -0.3 is 19.1 Å². The zero-order valence-electron chi connectivity index (χ0n) is 22.5. The molecule has 0 aliphatic carbocycles. The molecule has 4 heterocycles. The van der Waals surface area contributed by atoms with Gasteiger partial charge in [0.25, 0.3) is 0 Å². The van der Waals surface area contributed by atoms with E-state index in [0.717, 1.165) is 42.5 Å². The number of aromatic nitrogens is 1. The highest BCUT2D eigenvalue weighted by atomic mass is 19.1. The third-order valence-electron chi connectivity index (χ3n) is 7.82. The molecule has 9 nitrogen and oxygen atoms in total. The van der Waals surface area contributed by atoms with Gasteiger partial charge in [0, 0.05) is 57.3 Å². The summed E-state index contributed by atoms with van der Waals surface area (Å²) in [4.78, 5) is 41.9. The van der Waals surface area contributed by atoms with E-state index in [1.807, 2.05) is 55.8 Å². The van der Waals surface area contributed by atoms with Gasteiger partial charge in [-0.3, -0.25) is 15.0 Å². The Balaban J connectivity index is 1.19. The van der Waals surface area contributed by atoms with Gasteiger partial charge in [-0.2, -0.15) is 0 Å². The standard InChI is InChI=1S/C28H38FN5O4/c1-28(2,3)38-27(37)32-13-7-19(8-14-32)17-31-12-10-24(21(29)18-31)33-15-9-20-22(33)5-4-6-23(20)34-16-11-25(35)30-26(34)36/h4-6,9,15,19,21,24H,7-8,10-14,16-18H2,1-3H3,(H,30,35,36). The highest BCUT2D eigenvalue weighted by Gasteiger charge is 2.34.